The summed E-state index contributed by atoms with van der Waals surface area (Å²) in [5, 5.41) is 6.65. The Bertz CT molecular complexity index is 460. The lowest BCUT2D eigenvalue weighted by Crippen LogP contribution is -2.47. The quantitative estimate of drug-likeness (QED) is 0.792. The molecule has 96 valence electrons. The molecule has 0 radical (unpaired) electrons. The van der Waals surface area contributed by atoms with Crippen LogP contribution in [0.2, 0.25) is 0 Å². The lowest BCUT2D eigenvalue weighted by Gasteiger charge is -2.30. The predicted octanol–water partition coefficient (Wildman–Crippen LogP) is 1.76. The summed E-state index contributed by atoms with van der Waals surface area (Å²) in [7, 11) is 0. The summed E-state index contributed by atoms with van der Waals surface area (Å²) in [6.07, 6.45) is 1.13. The molecule has 3 rings (SSSR count). The summed E-state index contributed by atoms with van der Waals surface area (Å²) >= 11 is 0. The zero-order valence-electron chi connectivity index (χ0n) is 10.6. The van der Waals surface area contributed by atoms with Crippen LogP contribution in [0.15, 0.2) is 24.3 Å². The summed E-state index contributed by atoms with van der Waals surface area (Å²) in [5.41, 5.74) is 2.10. The number of nitrogens with zero attached hydrogens (tertiary/aromatic N) is 1. The fourth-order valence-electron chi connectivity index (χ4n) is 2.72. The topological polar surface area (TPSA) is 44.4 Å². The third-order valence-electron chi connectivity index (χ3n) is 3.79. The van der Waals surface area contributed by atoms with Gasteiger partial charge in [-0.2, -0.15) is 0 Å². The molecule has 2 aliphatic rings. The normalized spacial score (nSPS) is 26.2. The van der Waals surface area contributed by atoms with Gasteiger partial charge in [0.05, 0.1) is 11.4 Å². The zero-order valence-corrected chi connectivity index (χ0v) is 10.6. The molecule has 1 aromatic carbocycles. The van der Waals surface area contributed by atoms with Crippen molar-refractivity contribution in [2.24, 2.45) is 5.92 Å². The molecule has 0 aromatic heterocycles. The fraction of sp³-hybridized carbons (Fsp3) is 0.500. The number of amides is 1. The number of hydrogen-bond acceptors (Lipinski definition) is 3. The van der Waals surface area contributed by atoms with Crippen LogP contribution in [0.1, 0.15) is 13.3 Å². The van der Waals surface area contributed by atoms with Gasteiger partial charge in [-0.3, -0.25) is 4.79 Å². The number of nitrogens with one attached hydrogen (secondary N) is 2. The van der Waals surface area contributed by atoms with Crippen LogP contribution in [0.5, 0.6) is 0 Å². The minimum absolute atomic E-state index is 0.134. The van der Waals surface area contributed by atoms with Crippen molar-refractivity contribution in [2.45, 2.75) is 19.4 Å². The number of rotatable bonds is 1. The molecule has 2 N–H and O–H groups in total. The molecule has 0 bridgehead atoms. The maximum Gasteiger partial charge on any atom is 0.246 e. The van der Waals surface area contributed by atoms with Gasteiger partial charge in [-0.05, 0) is 24.5 Å². The van der Waals surface area contributed by atoms with Gasteiger partial charge in [0.25, 0.3) is 0 Å². The van der Waals surface area contributed by atoms with Gasteiger partial charge in [0.2, 0.25) is 5.91 Å². The Labute approximate surface area is 107 Å². The molecule has 1 amide bonds. The van der Waals surface area contributed by atoms with Crippen molar-refractivity contribution in [3.8, 4) is 0 Å². The van der Waals surface area contributed by atoms with Crippen LogP contribution in [-0.2, 0) is 4.79 Å². The first kappa shape index (κ1) is 11.4. The predicted molar refractivity (Wildman–Crippen MR) is 72.7 cm³/mol. The van der Waals surface area contributed by atoms with Crippen LogP contribution in [0.25, 0.3) is 0 Å². The number of anilines is 2. The SMILES string of the molecule is CC1CCN(C(=O)C2CNc3ccccc3N2)C1. The molecule has 2 aliphatic heterocycles. The maximum atomic E-state index is 12.4. The van der Waals surface area contributed by atoms with E-state index in [9.17, 15) is 4.79 Å². The molecule has 0 spiro atoms. The average molecular weight is 245 g/mol. The molecule has 2 heterocycles. The molecule has 1 saturated heterocycles. The lowest BCUT2D eigenvalue weighted by atomic mass is 10.1. The minimum atomic E-state index is -0.134. The number of carbonyl (C=O) groups is 1. The Hall–Kier alpha value is -1.71. The molecule has 0 saturated carbocycles. The summed E-state index contributed by atoms with van der Waals surface area (Å²) in [6.45, 7) is 4.67. The van der Waals surface area contributed by atoms with E-state index in [2.05, 4.69) is 17.6 Å². The van der Waals surface area contributed by atoms with E-state index in [1.54, 1.807) is 0 Å². The van der Waals surface area contributed by atoms with E-state index in [-0.39, 0.29) is 11.9 Å². The second-order valence-corrected chi connectivity index (χ2v) is 5.30. The molecule has 1 fully saturated rings. The highest BCUT2D eigenvalue weighted by atomic mass is 16.2. The van der Waals surface area contributed by atoms with E-state index in [1.165, 1.54) is 0 Å². The molecule has 4 heteroatoms. The van der Waals surface area contributed by atoms with Crippen molar-refractivity contribution in [3.05, 3.63) is 24.3 Å². The molecular weight excluding hydrogens is 226 g/mol. The Kier molecular flexibility index (Phi) is 2.86. The maximum absolute atomic E-state index is 12.4. The van der Waals surface area contributed by atoms with Crippen molar-refractivity contribution in [2.75, 3.05) is 30.3 Å². The van der Waals surface area contributed by atoms with Crippen LogP contribution >= 0.6 is 0 Å². The first-order valence-corrected chi connectivity index (χ1v) is 6.62. The zero-order chi connectivity index (χ0) is 12.5. The van der Waals surface area contributed by atoms with Crippen LogP contribution in [0, 0.1) is 5.92 Å². The highest BCUT2D eigenvalue weighted by molar-refractivity contribution is 5.88. The third kappa shape index (κ3) is 2.03. The summed E-state index contributed by atoms with van der Waals surface area (Å²) in [5.74, 6) is 0.860. The van der Waals surface area contributed by atoms with E-state index in [0.29, 0.717) is 12.5 Å². The molecule has 2 atom stereocenters. The highest BCUT2D eigenvalue weighted by Crippen LogP contribution is 2.26. The van der Waals surface area contributed by atoms with Gasteiger partial charge in [0.1, 0.15) is 6.04 Å². The van der Waals surface area contributed by atoms with E-state index in [4.69, 9.17) is 0 Å². The van der Waals surface area contributed by atoms with E-state index in [1.807, 2.05) is 29.2 Å². The van der Waals surface area contributed by atoms with E-state index >= 15 is 0 Å². The summed E-state index contributed by atoms with van der Waals surface area (Å²) < 4.78 is 0. The molecule has 0 aliphatic carbocycles. The van der Waals surface area contributed by atoms with Crippen molar-refractivity contribution in [1.29, 1.82) is 0 Å². The molecule has 18 heavy (non-hydrogen) atoms. The number of para-hydroxylation sites is 2. The largest absolute Gasteiger partial charge is 0.381 e. The minimum Gasteiger partial charge on any atom is -0.381 e. The van der Waals surface area contributed by atoms with Crippen LogP contribution in [0.4, 0.5) is 11.4 Å². The lowest BCUT2D eigenvalue weighted by molar-refractivity contribution is -0.130. The second kappa shape index (κ2) is 4.52. The Morgan fingerprint density at radius 2 is 2.11 bits per heavy atom. The Morgan fingerprint density at radius 3 is 2.83 bits per heavy atom. The summed E-state index contributed by atoms with van der Waals surface area (Å²) in [6, 6.07) is 7.89. The number of likely N-dealkylation sites (tertiary alicyclic amines) is 1. The van der Waals surface area contributed by atoms with E-state index < -0.39 is 0 Å². The van der Waals surface area contributed by atoms with Crippen LogP contribution < -0.4 is 10.6 Å². The molecule has 1 aromatic rings. The van der Waals surface area contributed by atoms with Crippen molar-refractivity contribution in [1.82, 2.24) is 4.90 Å². The average Bonchev–Trinajstić information content (AvgIpc) is 2.84. The van der Waals surface area contributed by atoms with Crippen molar-refractivity contribution >= 4 is 17.3 Å². The standard InChI is InChI=1S/C14H19N3O/c1-10-6-7-17(9-10)14(18)13-8-15-11-4-2-3-5-12(11)16-13/h2-5,10,13,15-16H,6-9H2,1H3. The molecule has 4 nitrogen and oxygen atoms in total. The second-order valence-electron chi connectivity index (χ2n) is 5.30. The third-order valence-corrected chi connectivity index (χ3v) is 3.79. The molecular formula is C14H19N3O. The van der Waals surface area contributed by atoms with Gasteiger partial charge in [-0.1, -0.05) is 19.1 Å². The number of carbonyl (C=O) groups excluding carboxylic acids is 1. The monoisotopic (exact) mass is 245 g/mol. The van der Waals surface area contributed by atoms with Crippen LogP contribution in [0.3, 0.4) is 0 Å². The van der Waals surface area contributed by atoms with Gasteiger partial charge in [-0.15, -0.1) is 0 Å². The number of hydrogen-bond donors (Lipinski definition) is 2. The van der Waals surface area contributed by atoms with Crippen molar-refractivity contribution < 1.29 is 4.79 Å². The van der Waals surface area contributed by atoms with Crippen molar-refractivity contribution in [3.63, 3.8) is 0 Å². The van der Waals surface area contributed by atoms with Gasteiger partial charge >= 0.3 is 0 Å². The first-order chi connectivity index (χ1) is 8.74. The summed E-state index contributed by atoms with van der Waals surface area (Å²) in [4.78, 5) is 14.4. The van der Waals surface area contributed by atoms with Gasteiger partial charge in [0, 0.05) is 19.6 Å². The van der Waals surface area contributed by atoms with Crippen LogP contribution in [-0.4, -0.2) is 36.5 Å². The Balaban J connectivity index is 1.70. The fourth-order valence-corrected chi connectivity index (χ4v) is 2.72. The van der Waals surface area contributed by atoms with E-state index in [0.717, 1.165) is 30.9 Å². The van der Waals surface area contributed by atoms with Gasteiger partial charge < -0.3 is 15.5 Å². The first-order valence-electron chi connectivity index (χ1n) is 6.62. The van der Waals surface area contributed by atoms with Gasteiger partial charge in [0.15, 0.2) is 0 Å². The number of benzene rings is 1. The highest BCUT2D eigenvalue weighted by Gasteiger charge is 2.30. The van der Waals surface area contributed by atoms with Gasteiger partial charge in [-0.25, -0.2) is 0 Å². The number of fused-ring (bicyclic) bond motifs is 1. The smallest absolute Gasteiger partial charge is 0.246 e. The Morgan fingerprint density at radius 1 is 1.33 bits per heavy atom. The molecule has 2 unspecified atom stereocenters.